The number of rotatable bonds is 56. The summed E-state index contributed by atoms with van der Waals surface area (Å²) in [5.74, 6) is -0.306. The lowest BCUT2D eigenvalue weighted by Crippen LogP contribution is -2.09. The second kappa shape index (κ2) is 61.4. The Balaban J connectivity index is 0. The first kappa shape index (κ1) is 66.5. The van der Waals surface area contributed by atoms with E-state index in [0.29, 0.717) is 25.9 Å². The van der Waals surface area contributed by atoms with Gasteiger partial charge in [0.05, 0.1) is 6.61 Å². The monoisotopic (exact) mass is 933 g/mol. The second-order valence-electron chi connectivity index (χ2n) is 20.7. The Kier molecular flexibility index (Phi) is 61.9. The lowest BCUT2D eigenvalue weighted by atomic mass is 10.0. The molecule has 0 unspecified atom stereocenters. The minimum Gasteiger partial charge on any atom is -0.466 e. The third-order valence-corrected chi connectivity index (χ3v) is 13.8. The van der Waals surface area contributed by atoms with E-state index >= 15 is 0 Å². The summed E-state index contributed by atoms with van der Waals surface area (Å²) in [6.45, 7) is 5.00. The first-order valence-electron chi connectivity index (χ1n) is 30.2. The van der Waals surface area contributed by atoms with Crippen molar-refractivity contribution in [3.63, 3.8) is 0 Å². The van der Waals surface area contributed by atoms with E-state index in [9.17, 15) is 14.4 Å². The Morgan fingerprint density at radius 1 is 0.242 bits per heavy atom. The smallest absolute Gasteiger partial charge is 0.305 e. The minimum absolute atomic E-state index is 0.00172. The van der Waals surface area contributed by atoms with E-state index in [1.165, 1.54) is 283 Å². The average Bonchev–Trinajstić information content (AvgIpc) is 3.30. The summed E-state index contributed by atoms with van der Waals surface area (Å²) in [6.07, 6.45) is 71.0. The molecule has 0 heterocycles. The molecular weight excluding hydrogens is 813 g/mol. The highest BCUT2D eigenvalue weighted by Gasteiger charge is 2.03. The summed E-state index contributed by atoms with van der Waals surface area (Å²) in [5.41, 5.74) is 10.3. The molecule has 0 radical (unpaired) electrons. The average molecular weight is 934 g/mol. The maximum absolute atomic E-state index is 11.4. The Labute approximate surface area is 414 Å². The topological polar surface area (TPSA) is 112 Å². The third-order valence-electron chi connectivity index (χ3n) is 13.8. The van der Waals surface area contributed by atoms with Crippen molar-refractivity contribution in [2.24, 2.45) is 11.5 Å². The molecule has 2 amide bonds. The molecule has 394 valence electrons. The molecule has 0 spiro atoms. The van der Waals surface area contributed by atoms with Gasteiger partial charge in [-0.05, 0) is 25.7 Å². The summed E-state index contributed by atoms with van der Waals surface area (Å²) >= 11 is 0. The first-order valence-corrected chi connectivity index (χ1v) is 30.2. The van der Waals surface area contributed by atoms with Crippen molar-refractivity contribution in [1.82, 2.24) is 0 Å². The van der Waals surface area contributed by atoms with Gasteiger partial charge >= 0.3 is 5.97 Å². The fourth-order valence-electron chi connectivity index (χ4n) is 9.30. The van der Waals surface area contributed by atoms with E-state index in [1.807, 2.05) is 0 Å². The van der Waals surface area contributed by atoms with E-state index in [4.69, 9.17) is 16.2 Å². The lowest BCUT2D eigenvalue weighted by Gasteiger charge is -2.05. The van der Waals surface area contributed by atoms with Crippen LogP contribution >= 0.6 is 0 Å². The molecule has 0 aromatic heterocycles. The number of carbonyl (C=O) groups excluding carboxylic acids is 3. The predicted molar refractivity (Wildman–Crippen MR) is 290 cm³/mol. The van der Waals surface area contributed by atoms with Crippen LogP contribution in [0.5, 0.6) is 0 Å². The molecule has 0 rings (SSSR count). The fraction of sp³-hybridized carbons (Fsp3) is 0.950. The first-order chi connectivity index (χ1) is 32.4. The van der Waals surface area contributed by atoms with Crippen molar-refractivity contribution in [2.45, 2.75) is 361 Å². The predicted octanol–water partition coefficient (Wildman–Crippen LogP) is 19.6. The third kappa shape index (κ3) is 66.7. The maximum atomic E-state index is 11.4. The molecule has 0 saturated heterocycles. The number of ether oxygens (including phenoxy) is 1. The van der Waals surface area contributed by atoms with Crippen LogP contribution in [0.4, 0.5) is 0 Å². The van der Waals surface area contributed by atoms with E-state index in [-0.39, 0.29) is 17.8 Å². The van der Waals surface area contributed by atoms with Crippen LogP contribution in [0.1, 0.15) is 361 Å². The molecule has 0 aliphatic rings. The van der Waals surface area contributed by atoms with E-state index in [0.717, 1.165) is 44.9 Å². The molecule has 0 aromatic rings. The zero-order chi connectivity index (χ0) is 48.3. The van der Waals surface area contributed by atoms with Gasteiger partial charge in [0.1, 0.15) is 0 Å². The molecule has 0 saturated carbocycles. The van der Waals surface area contributed by atoms with Gasteiger partial charge in [0, 0.05) is 19.3 Å². The van der Waals surface area contributed by atoms with Crippen LogP contribution < -0.4 is 11.5 Å². The number of nitrogens with two attached hydrogens (primary N) is 2. The highest BCUT2D eigenvalue weighted by molar-refractivity contribution is 5.73. The van der Waals surface area contributed by atoms with Gasteiger partial charge in [0.2, 0.25) is 11.8 Å². The summed E-state index contributed by atoms with van der Waals surface area (Å²) < 4.78 is 5.16. The number of amides is 2. The number of esters is 1. The molecule has 6 nitrogen and oxygen atoms in total. The van der Waals surface area contributed by atoms with Gasteiger partial charge < -0.3 is 16.2 Å². The molecule has 0 atom stereocenters. The zero-order valence-electron chi connectivity index (χ0n) is 45.2. The highest BCUT2D eigenvalue weighted by Crippen LogP contribution is 2.18. The van der Waals surface area contributed by atoms with E-state index in [1.54, 1.807) is 0 Å². The molecule has 0 aromatic carbocycles. The summed E-state index contributed by atoms with van der Waals surface area (Å²) in [4.78, 5) is 32.8. The van der Waals surface area contributed by atoms with Crippen LogP contribution in [0.15, 0.2) is 0 Å². The molecule has 0 bridgehead atoms. The van der Waals surface area contributed by atoms with Gasteiger partial charge in [-0.15, -0.1) is 0 Å². The van der Waals surface area contributed by atoms with Gasteiger partial charge in [0.15, 0.2) is 0 Å². The molecule has 66 heavy (non-hydrogen) atoms. The van der Waals surface area contributed by atoms with Crippen molar-refractivity contribution in [2.75, 3.05) is 6.61 Å². The largest absolute Gasteiger partial charge is 0.466 e. The van der Waals surface area contributed by atoms with Crippen molar-refractivity contribution < 1.29 is 19.1 Å². The standard InChI is InChI=1S/C38H76N2O2.C22H44O2/c39-37(41)35-33-31-29-27-25-23-21-19-17-15-13-11-9-7-5-3-1-2-4-6-8-10-12-14-16-18-20-22-24-26-28-30-32-34-36-38(40)42;1-3-5-7-8-9-10-11-12-13-14-15-16-17-18-19-20-22(23)24-21-6-4-2/h1-36H2,(H2,39,41)(H2,40,42);3-21H2,1-2H3. The van der Waals surface area contributed by atoms with Crippen molar-refractivity contribution in [3.05, 3.63) is 0 Å². The number of primary amides is 2. The van der Waals surface area contributed by atoms with Crippen LogP contribution in [0.3, 0.4) is 0 Å². The van der Waals surface area contributed by atoms with Crippen LogP contribution in [0.25, 0.3) is 0 Å². The zero-order valence-corrected chi connectivity index (χ0v) is 45.2. The Morgan fingerprint density at radius 2 is 0.409 bits per heavy atom. The summed E-state index contributed by atoms with van der Waals surface area (Å²) in [5, 5.41) is 0. The van der Waals surface area contributed by atoms with Gasteiger partial charge in [0.25, 0.3) is 0 Å². The molecule has 0 aliphatic heterocycles. The maximum Gasteiger partial charge on any atom is 0.305 e. The van der Waals surface area contributed by atoms with Crippen LogP contribution in [-0.2, 0) is 19.1 Å². The van der Waals surface area contributed by atoms with Gasteiger partial charge in [-0.25, -0.2) is 0 Å². The minimum atomic E-state index is -0.152. The number of hydrogen-bond acceptors (Lipinski definition) is 4. The van der Waals surface area contributed by atoms with E-state index in [2.05, 4.69) is 13.8 Å². The van der Waals surface area contributed by atoms with Crippen LogP contribution in [0.2, 0.25) is 0 Å². The van der Waals surface area contributed by atoms with Crippen LogP contribution in [0, 0.1) is 0 Å². The van der Waals surface area contributed by atoms with E-state index < -0.39 is 0 Å². The molecule has 0 aliphatic carbocycles. The Morgan fingerprint density at radius 3 is 0.591 bits per heavy atom. The molecular formula is C60H120N2O4. The van der Waals surface area contributed by atoms with Crippen molar-refractivity contribution >= 4 is 17.8 Å². The van der Waals surface area contributed by atoms with Crippen LogP contribution in [-0.4, -0.2) is 24.4 Å². The second-order valence-corrected chi connectivity index (χ2v) is 20.7. The van der Waals surface area contributed by atoms with Crippen molar-refractivity contribution in [1.29, 1.82) is 0 Å². The number of carbonyl (C=O) groups is 3. The number of hydrogen-bond donors (Lipinski definition) is 2. The highest BCUT2D eigenvalue weighted by atomic mass is 16.5. The SMILES string of the molecule is CCCCCCCCCCCCCCCCCC(=O)OCCCC.NC(=O)CCCCCCCCCCCCCCCCCCCCCCCCCCCCCCCCCCCCC(N)=O. The Hall–Kier alpha value is -1.59. The van der Waals surface area contributed by atoms with Gasteiger partial charge in [-0.1, -0.05) is 316 Å². The normalized spacial score (nSPS) is 11.2. The van der Waals surface area contributed by atoms with Crippen molar-refractivity contribution in [3.8, 4) is 0 Å². The molecule has 6 heteroatoms. The summed E-state index contributed by atoms with van der Waals surface area (Å²) in [7, 11) is 0. The lowest BCUT2D eigenvalue weighted by molar-refractivity contribution is -0.143. The molecule has 0 fully saturated rings. The molecule has 4 N–H and O–H groups in total. The Bertz CT molecular complexity index is 894. The van der Waals surface area contributed by atoms with Gasteiger partial charge in [-0.3, -0.25) is 14.4 Å². The summed E-state index contributed by atoms with van der Waals surface area (Å²) in [6, 6.07) is 0. The number of unbranched alkanes of at least 4 members (excludes halogenated alkanes) is 48. The quantitative estimate of drug-likeness (QED) is 0.0467. The fourth-order valence-corrected chi connectivity index (χ4v) is 9.30. The van der Waals surface area contributed by atoms with Gasteiger partial charge in [-0.2, -0.15) is 0 Å².